The lowest BCUT2D eigenvalue weighted by molar-refractivity contribution is -0.144. The number of nitrogens with zero attached hydrogens (tertiary/aromatic N) is 4. The first-order valence-corrected chi connectivity index (χ1v) is 11.1. The molecule has 5 heterocycles. The summed E-state index contributed by atoms with van der Waals surface area (Å²) >= 11 is 0. The third kappa shape index (κ3) is 3.15. The van der Waals surface area contributed by atoms with Gasteiger partial charge in [-0.1, -0.05) is 12.2 Å². The van der Waals surface area contributed by atoms with E-state index in [0.29, 0.717) is 19.1 Å². The number of hydrogen-bond donors (Lipinski definition) is 0. The van der Waals surface area contributed by atoms with Crippen molar-refractivity contribution in [2.45, 2.75) is 38.0 Å². The molecular formula is C23H30N4O3. The molecule has 1 aromatic heterocycles. The number of hydrogen-bond acceptors (Lipinski definition) is 5. The lowest BCUT2D eigenvalue weighted by atomic mass is 9.76. The molecule has 0 unspecified atom stereocenters. The van der Waals surface area contributed by atoms with Gasteiger partial charge in [0.15, 0.2) is 0 Å². The van der Waals surface area contributed by atoms with E-state index in [-0.39, 0.29) is 29.8 Å². The fourth-order valence-electron chi connectivity index (χ4n) is 5.53. The van der Waals surface area contributed by atoms with E-state index >= 15 is 0 Å². The molecule has 0 aromatic carbocycles. The van der Waals surface area contributed by atoms with Crippen LogP contribution in [-0.2, 0) is 20.7 Å². The Morgan fingerprint density at radius 2 is 1.97 bits per heavy atom. The second kappa shape index (κ2) is 7.46. The van der Waals surface area contributed by atoms with E-state index in [2.05, 4.69) is 23.7 Å². The Kier molecular flexibility index (Phi) is 4.90. The Hall–Kier alpha value is -2.25. The lowest BCUT2D eigenvalue weighted by Crippen LogP contribution is -2.54. The lowest BCUT2D eigenvalue weighted by Gasteiger charge is -2.39. The highest BCUT2D eigenvalue weighted by molar-refractivity contribution is 5.93. The quantitative estimate of drug-likeness (QED) is 0.677. The molecule has 0 radical (unpaired) electrons. The molecule has 1 aromatic rings. The summed E-state index contributed by atoms with van der Waals surface area (Å²) < 4.78 is 6.28. The van der Waals surface area contributed by atoms with Gasteiger partial charge in [-0.25, -0.2) is 0 Å². The van der Waals surface area contributed by atoms with Crippen molar-refractivity contribution in [1.29, 1.82) is 0 Å². The van der Waals surface area contributed by atoms with Gasteiger partial charge in [-0.15, -0.1) is 0 Å². The van der Waals surface area contributed by atoms with Crippen LogP contribution in [0.4, 0.5) is 0 Å². The summed E-state index contributed by atoms with van der Waals surface area (Å²) in [4.78, 5) is 37.1. The van der Waals surface area contributed by atoms with Gasteiger partial charge in [-0.3, -0.25) is 19.5 Å². The fraction of sp³-hybridized carbons (Fsp3) is 0.609. The molecule has 4 atom stereocenters. The molecule has 0 N–H and O–H groups in total. The van der Waals surface area contributed by atoms with Crippen LogP contribution in [0.1, 0.15) is 19.4 Å². The molecule has 5 rings (SSSR count). The van der Waals surface area contributed by atoms with Crippen LogP contribution in [0, 0.1) is 11.8 Å². The number of piperazine rings is 1. The van der Waals surface area contributed by atoms with Crippen molar-refractivity contribution in [1.82, 2.24) is 19.7 Å². The third-order valence-electron chi connectivity index (χ3n) is 7.24. The highest BCUT2D eigenvalue weighted by Gasteiger charge is 2.67. The smallest absolute Gasteiger partial charge is 0.230 e. The van der Waals surface area contributed by atoms with Crippen LogP contribution in [0.15, 0.2) is 36.7 Å². The topological polar surface area (TPSA) is 66.0 Å². The molecule has 7 nitrogen and oxygen atoms in total. The molecule has 3 fully saturated rings. The standard InChI is InChI=1S/C23H30N4O3/c1-16(2)25-11-13-26(14-12-25)21(28)19-18-3-7-23(30-18)15-27(22(29)20(19)23)10-6-17-4-8-24-9-5-17/h3-5,7-9,16,18-20H,6,10-15H2,1-2H3/t18-,19+,20+,23-/m0/s1. The minimum absolute atomic E-state index is 0.0649. The van der Waals surface area contributed by atoms with Crippen molar-refractivity contribution < 1.29 is 14.3 Å². The van der Waals surface area contributed by atoms with Crippen molar-refractivity contribution >= 4 is 11.8 Å². The van der Waals surface area contributed by atoms with Crippen LogP contribution in [0.5, 0.6) is 0 Å². The van der Waals surface area contributed by atoms with Crippen molar-refractivity contribution in [3.8, 4) is 0 Å². The predicted molar refractivity (Wildman–Crippen MR) is 112 cm³/mol. The highest BCUT2D eigenvalue weighted by atomic mass is 16.5. The Morgan fingerprint density at radius 1 is 1.23 bits per heavy atom. The maximum Gasteiger partial charge on any atom is 0.230 e. The second-order valence-electron chi connectivity index (χ2n) is 9.22. The van der Waals surface area contributed by atoms with Crippen LogP contribution in [-0.4, -0.2) is 88.5 Å². The number of carbonyl (C=O) groups is 2. The number of aromatic nitrogens is 1. The molecule has 3 saturated heterocycles. The van der Waals surface area contributed by atoms with E-state index in [1.807, 2.05) is 34.1 Å². The average molecular weight is 411 g/mol. The zero-order chi connectivity index (χ0) is 20.9. The minimum atomic E-state index is -0.625. The Morgan fingerprint density at radius 3 is 2.67 bits per heavy atom. The molecule has 1 spiro atoms. The summed E-state index contributed by atoms with van der Waals surface area (Å²) in [5, 5.41) is 0. The van der Waals surface area contributed by atoms with Gasteiger partial charge >= 0.3 is 0 Å². The second-order valence-corrected chi connectivity index (χ2v) is 9.22. The Labute approximate surface area is 177 Å². The highest BCUT2D eigenvalue weighted by Crippen LogP contribution is 2.52. The van der Waals surface area contributed by atoms with Gasteiger partial charge in [0, 0.05) is 51.2 Å². The van der Waals surface area contributed by atoms with Gasteiger partial charge in [0.05, 0.1) is 24.5 Å². The largest absolute Gasteiger partial charge is 0.360 e. The van der Waals surface area contributed by atoms with Gasteiger partial charge in [0.2, 0.25) is 11.8 Å². The first-order valence-electron chi connectivity index (χ1n) is 11.1. The molecule has 4 aliphatic heterocycles. The predicted octanol–water partition coefficient (Wildman–Crippen LogP) is 0.959. The zero-order valence-corrected chi connectivity index (χ0v) is 17.7. The molecule has 2 amide bonds. The van der Waals surface area contributed by atoms with Gasteiger partial charge in [-0.05, 0) is 38.0 Å². The fourth-order valence-corrected chi connectivity index (χ4v) is 5.53. The maximum absolute atomic E-state index is 13.5. The van der Waals surface area contributed by atoms with Crippen LogP contribution in [0.3, 0.4) is 0 Å². The summed E-state index contributed by atoms with van der Waals surface area (Å²) in [6, 6.07) is 4.44. The molecule has 30 heavy (non-hydrogen) atoms. The van der Waals surface area contributed by atoms with E-state index in [0.717, 1.165) is 38.2 Å². The number of amides is 2. The van der Waals surface area contributed by atoms with Gasteiger partial charge in [0.1, 0.15) is 5.60 Å². The first kappa shape index (κ1) is 19.7. The van der Waals surface area contributed by atoms with Gasteiger partial charge < -0.3 is 14.5 Å². The number of fused-ring (bicyclic) bond motifs is 1. The Bertz CT molecular complexity index is 849. The van der Waals surface area contributed by atoms with Crippen molar-refractivity contribution in [2.24, 2.45) is 11.8 Å². The van der Waals surface area contributed by atoms with Gasteiger partial charge in [0.25, 0.3) is 0 Å². The molecular weight excluding hydrogens is 380 g/mol. The van der Waals surface area contributed by atoms with Crippen LogP contribution < -0.4 is 0 Å². The van der Waals surface area contributed by atoms with Gasteiger partial charge in [-0.2, -0.15) is 0 Å². The summed E-state index contributed by atoms with van der Waals surface area (Å²) in [5.74, 6) is -0.626. The van der Waals surface area contributed by atoms with E-state index in [4.69, 9.17) is 4.74 Å². The average Bonchev–Trinajstić information content (AvgIpc) is 3.40. The monoisotopic (exact) mass is 410 g/mol. The minimum Gasteiger partial charge on any atom is -0.360 e. The molecule has 7 heteroatoms. The number of likely N-dealkylation sites (tertiary alicyclic amines) is 1. The summed E-state index contributed by atoms with van der Waals surface area (Å²) in [6.45, 7) is 8.78. The number of carbonyl (C=O) groups excluding carboxylic acids is 2. The van der Waals surface area contributed by atoms with Crippen molar-refractivity contribution in [3.05, 3.63) is 42.2 Å². The SMILES string of the molecule is CC(C)N1CCN(C(=O)[C@@H]2[C@@H]3C=C[C@@]4(CN(CCc5ccncc5)C(=O)[C@@H]24)O3)CC1. The zero-order valence-electron chi connectivity index (χ0n) is 17.7. The molecule has 2 bridgehead atoms. The number of ether oxygens (including phenoxy) is 1. The normalized spacial score (nSPS) is 33.0. The van der Waals surface area contributed by atoms with Crippen LogP contribution in [0.25, 0.3) is 0 Å². The first-order chi connectivity index (χ1) is 14.5. The number of pyridine rings is 1. The third-order valence-corrected chi connectivity index (χ3v) is 7.24. The Balaban J connectivity index is 1.28. The molecule has 4 aliphatic rings. The van der Waals surface area contributed by atoms with E-state index in [1.165, 1.54) is 0 Å². The van der Waals surface area contributed by atoms with E-state index in [9.17, 15) is 9.59 Å². The van der Waals surface area contributed by atoms with Crippen LogP contribution in [0.2, 0.25) is 0 Å². The maximum atomic E-state index is 13.5. The summed E-state index contributed by atoms with van der Waals surface area (Å²) in [5.41, 5.74) is 0.531. The molecule has 160 valence electrons. The van der Waals surface area contributed by atoms with Crippen molar-refractivity contribution in [3.63, 3.8) is 0 Å². The van der Waals surface area contributed by atoms with Crippen molar-refractivity contribution in [2.75, 3.05) is 39.3 Å². The van der Waals surface area contributed by atoms with E-state index in [1.54, 1.807) is 12.4 Å². The summed E-state index contributed by atoms with van der Waals surface area (Å²) in [7, 11) is 0. The van der Waals surface area contributed by atoms with Crippen LogP contribution >= 0.6 is 0 Å². The molecule has 0 aliphatic carbocycles. The van der Waals surface area contributed by atoms with E-state index < -0.39 is 5.60 Å². The molecule has 0 saturated carbocycles. The summed E-state index contributed by atoms with van der Waals surface area (Å²) in [6.07, 6.45) is 8.10. The number of rotatable bonds is 5.